The van der Waals surface area contributed by atoms with Crippen molar-refractivity contribution in [1.82, 2.24) is 14.8 Å². The minimum atomic E-state index is -0.0510. The lowest BCUT2D eigenvalue weighted by atomic mass is 10.1. The number of hydrogen-bond acceptors (Lipinski definition) is 7. The molecular formula is C23H31ClN6O2. The van der Waals surface area contributed by atoms with Crippen molar-refractivity contribution in [2.24, 2.45) is 0 Å². The van der Waals surface area contributed by atoms with Crippen LogP contribution in [0.25, 0.3) is 0 Å². The van der Waals surface area contributed by atoms with Gasteiger partial charge >= 0.3 is 0 Å². The molecule has 1 aliphatic rings. The highest BCUT2D eigenvalue weighted by molar-refractivity contribution is 5.98. The van der Waals surface area contributed by atoms with Crippen LogP contribution in [0.4, 0.5) is 11.5 Å². The summed E-state index contributed by atoms with van der Waals surface area (Å²) in [6.45, 7) is 5.51. The molecule has 2 aromatic rings. The van der Waals surface area contributed by atoms with Crippen molar-refractivity contribution in [2.75, 3.05) is 70.7 Å². The van der Waals surface area contributed by atoms with Gasteiger partial charge in [0.1, 0.15) is 11.6 Å². The molecule has 0 spiro atoms. The molecule has 1 saturated heterocycles. The van der Waals surface area contributed by atoms with Crippen molar-refractivity contribution in [1.29, 1.82) is 5.26 Å². The molecule has 172 valence electrons. The maximum absolute atomic E-state index is 12.3. The zero-order valence-electron chi connectivity index (χ0n) is 18.9. The van der Waals surface area contributed by atoms with Crippen molar-refractivity contribution in [3.8, 4) is 11.8 Å². The molecule has 1 N–H and O–H groups in total. The fraction of sp³-hybridized carbons (Fsp3) is 0.435. The van der Waals surface area contributed by atoms with E-state index in [9.17, 15) is 4.79 Å². The van der Waals surface area contributed by atoms with Crippen molar-refractivity contribution >= 4 is 29.8 Å². The van der Waals surface area contributed by atoms with Crippen LogP contribution in [0.3, 0.4) is 0 Å². The Morgan fingerprint density at radius 3 is 2.66 bits per heavy atom. The molecule has 0 atom stereocenters. The molecule has 1 amide bonds. The van der Waals surface area contributed by atoms with Crippen molar-refractivity contribution in [3.63, 3.8) is 0 Å². The fourth-order valence-corrected chi connectivity index (χ4v) is 3.69. The lowest BCUT2D eigenvalue weighted by Crippen LogP contribution is -2.47. The van der Waals surface area contributed by atoms with Gasteiger partial charge in [-0.3, -0.25) is 9.69 Å². The molecule has 0 aliphatic carbocycles. The maximum atomic E-state index is 12.3. The van der Waals surface area contributed by atoms with E-state index in [2.05, 4.69) is 26.2 Å². The number of aromatic nitrogens is 1. The Morgan fingerprint density at radius 2 is 2.00 bits per heavy atom. The quantitative estimate of drug-likeness (QED) is 0.609. The normalized spacial score (nSPS) is 13.6. The van der Waals surface area contributed by atoms with Crippen LogP contribution < -0.4 is 15.0 Å². The van der Waals surface area contributed by atoms with Crippen LogP contribution in [-0.2, 0) is 0 Å². The first-order chi connectivity index (χ1) is 15.0. The lowest BCUT2D eigenvalue weighted by molar-refractivity contribution is 0.0828. The predicted molar refractivity (Wildman–Crippen MR) is 129 cm³/mol. The fourth-order valence-electron chi connectivity index (χ4n) is 3.69. The molecule has 0 saturated carbocycles. The van der Waals surface area contributed by atoms with Gasteiger partial charge in [0.25, 0.3) is 5.91 Å². The first-order valence-electron chi connectivity index (χ1n) is 10.5. The van der Waals surface area contributed by atoms with Gasteiger partial charge in [-0.25, -0.2) is 4.98 Å². The summed E-state index contributed by atoms with van der Waals surface area (Å²) >= 11 is 0. The van der Waals surface area contributed by atoms with Crippen LogP contribution in [0, 0.1) is 11.3 Å². The number of nitriles is 1. The summed E-state index contributed by atoms with van der Waals surface area (Å²) in [5.74, 6) is 1.33. The molecule has 2 heterocycles. The van der Waals surface area contributed by atoms with Gasteiger partial charge in [-0.2, -0.15) is 5.26 Å². The number of carbonyl (C=O) groups is 1. The largest absolute Gasteiger partial charge is 0.495 e. The van der Waals surface area contributed by atoms with E-state index in [0.717, 1.165) is 57.1 Å². The summed E-state index contributed by atoms with van der Waals surface area (Å²) in [6, 6.07) is 11.3. The Hall–Kier alpha value is -3.02. The summed E-state index contributed by atoms with van der Waals surface area (Å²) < 4.78 is 5.48. The number of halogens is 1. The smallest absolute Gasteiger partial charge is 0.257 e. The monoisotopic (exact) mass is 458 g/mol. The summed E-state index contributed by atoms with van der Waals surface area (Å²) in [6.07, 6.45) is 2.66. The van der Waals surface area contributed by atoms with Gasteiger partial charge in [0.2, 0.25) is 0 Å². The molecule has 0 unspecified atom stereocenters. The van der Waals surface area contributed by atoms with Gasteiger partial charge in [0.05, 0.1) is 30.0 Å². The highest BCUT2D eigenvalue weighted by Gasteiger charge is 2.20. The second kappa shape index (κ2) is 12.1. The molecule has 9 heteroatoms. The number of rotatable bonds is 8. The van der Waals surface area contributed by atoms with Crippen LogP contribution in [0.2, 0.25) is 0 Å². The van der Waals surface area contributed by atoms with E-state index in [1.54, 1.807) is 50.5 Å². The molecule has 1 fully saturated rings. The topological polar surface area (TPSA) is 84.7 Å². The lowest BCUT2D eigenvalue weighted by Gasteiger charge is -2.36. The van der Waals surface area contributed by atoms with Gasteiger partial charge in [-0.05, 0) is 37.2 Å². The van der Waals surface area contributed by atoms with Crippen molar-refractivity contribution in [3.05, 3.63) is 47.7 Å². The molecule has 1 aromatic carbocycles. The van der Waals surface area contributed by atoms with Crippen LogP contribution >= 0.6 is 12.4 Å². The van der Waals surface area contributed by atoms with Gasteiger partial charge < -0.3 is 19.9 Å². The molecule has 1 aromatic heterocycles. The molecule has 1 aliphatic heterocycles. The minimum Gasteiger partial charge on any atom is -0.495 e. The molecular weight excluding hydrogens is 428 g/mol. The van der Waals surface area contributed by atoms with E-state index >= 15 is 0 Å². The zero-order valence-corrected chi connectivity index (χ0v) is 19.7. The third kappa shape index (κ3) is 6.25. The van der Waals surface area contributed by atoms with E-state index in [1.807, 2.05) is 12.1 Å². The number of ether oxygens (including phenoxy) is 1. The third-order valence-electron chi connectivity index (χ3n) is 5.41. The standard InChI is InChI=1S/C23H30N6O2.ClH/c1-27(2)23(30)19-6-4-9-25-22(19)26-10-5-11-28-12-14-29(15-13-28)20-8-7-18(17-24)16-21(20)31-3;/h4,6-9,16H,5,10-15H2,1-3H3,(H,25,26);1H. The number of carbonyl (C=O) groups excluding carboxylic acids is 1. The number of hydrogen-bond donors (Lipinski definition) is 1. The highest BCUT2D eigenvalue weighted by atomic mass is 35.5. The Bertz CT molecular complexity index is 938. The van der Waals surface area contributed by atoms with Gasteiger partial charge in [-0.1, -0.05) is 0 Å². The van der Waals surface area contributed by atoms with Crippen LogP contribution in [0.5, 0.6) is 5.75 Å². The molecule has 32 heavy (non-hydrogen) atoms. The second-order valence-corrected chi connectivity index (χ2v) is 7.71. The number of piperazine rings is 1. The van der Waals surface area contributed by atoms with E-state index in [4.69, 9.17) is 10.00 Å². The average Bonchev–Trinajstić information content (AvgIpc) is 2.81. The first-order valence-corrected chi connectivity index (χ1v) is 10.5. The van der Waals surface area contributed by atoms with Gasteiger partial charge in [0.15, 0.2) is 0 Å². The summed E-state index contributed by atoms with van der Waals surface area (Å²) in [4.78, 5) is 22.9. The molecule has 3 rings (SSSR count). The van der Waals surface area contributed by atoms with Crippen LogP contribution in [0.15, 0.2) is 36.5 Å². The third-order valence-corrected chi connectivity index (χ3v) is 5.41. The SMILES string of the molecule is COc1cc(C#N)ccc1N1CCN(CCCNc2ncccc2C(=O)N(C)C)CC1.Cl. The van der Waals surface area contributed by atoms with Crippen molar-refractivity contribution < 1.29 is 9.53 Å². The number of nitrogens with one attached hydrogen (secondary N) is 1. The molecule has 8 nitrogen and oxygen atoms in total. The maximum Gasteiger partial charge on any atom is 0.257 e. The summed E-state index contributed by atoms with van der Waals surface area (Å²) in [7, 11) is 5.13. The van der Waals surface area contributed by atoms with Crippen LogP contribution in [-0.4, -0.2) is 81.2 Å². The van der Waals surface area contributed by atoms with E-state index in [0.29, 0.717) is 16.9 Å². The molecule has 0 radical (unpaired) electrons. The predicted octanol–water partition coefficient (Wildman–Crippen LogP) is 2.71. The number of pyridine rings is 1. The molecule has 0 bridgehead atoms. The number of benzene rings is 1. The van der Waals surface area contributed by atoms with E-state index < -0.39 is 0 Å². The van der Waals surface area contributed by atoms with E-state index in [-0.39, 0.29) is 18.3 Å². The van der Waals surface area contributed by atoms with Crippen molar-refractivity contribution in [2.45, 2.75) is 6.42 Å². The Balaban J connectivity index is 0.00000363. The first kappa shape index (κ1) is 25.2. The Kier molecular flexibility index (Phi) is 9.57. The van der Waals surface area contributed by atoms with Gasteiger partial charge in [0, 0.05) is 59.1 Å². The Labute approximate surface area is 196 Å². The summed E-state index contributed by atoms with van der Waals surface area (Å²) in [5, 5.41) is 12.4. The Morgan fingerprint density at radius 1 is 1.25 bits per heavy atom. The van der Waals surface area contributed by atoms with Gasteiger partial charge in [-0.15, -0.1) is 12.4 Å². The van der Waals surface area contributed by atoms with Crippen LogP contribution in [0.1, 0.15) is 22.3 Å². The number of methoxy groups -OCH3 is 1. The second-order valence-electron chi connectivity index (χ2n) is 7.71. The number of amides is 1. The number of anilines is 2. The highest BCUT2D eigenvalue weighted by Crippen LogP contribution is 2.30. The minimum absolute atomic E-state index is 0. The summed E-state index contributed by atoms with van der Waals surface area (Å²) in [5.41, 5.74) is 2.24. The zero-order chi connectivity index (χ0) is 22.2. The number of nitrogens with zero attached hydrogens (tertiary/aromatic N) is 5. The average molecular weight is 459 g/mol. The van der Waals surface area contributed by atoms with E-state index in [1.165, 1.54) is 0 Å².